The van der Waals surface area contributed by atoms with Gasteiger partial charge in [0.05, 0.1) is 0 Å². The third-order valence-corrected chi connectivity index (χ3v) is 4.19. The van der Waals surface area contributed by atoms with Gasteiger partial charge in [-0.15, -0.1) is 0 Å². The smallest absolute Gasteiger partial charge is 0.253 e. The average molecular weight is 291 g/mol. The Balaban J connectivity index is 2.10. The van der Waals surface area contributed by atoms with Crippen LogP contribution in [0.1, 0.15) is 28.8 Å². The molecule has 0 unspecified atom stereocenters. The first kappa shape index (κ1) is 14.9. The molecule has 1 fully saturated rings. The molecule has 2 rings (SSSR count). The van der Waals surface area contributed by atoms with Gasteiger partial charge in [-0.25, -0.2) is 0 Å². The van der Waals surface area contributed by atoms with Crippen molar-refractivity contribution in [3.63, 3.8) is 0 Å². The van der Waals surface area contributed by atoms with Crippen molar-refractivity contribution in [2.24, 2.45) is 5.73 Å². The van der Waals surface area contributed by atoms with Gasteiger partial charge in [-0.3, -0.25) is 4.79 Å². The number of carbonyl (C=O) groups excluding carboxylic acids is 1. The molecule has 5 heteroatoms. The fourth-order valence-corrected chi connectivity index (χ4v) is 2.68. The Kier molecular flexibility index (Phi) is 4.73. The highest BCUT2D eigenvalue weighted by Gasteiger charge is 2.24. The summed E-state index contributed by atoms with van der Waals surface area (Å²) in [5.41, 5.74) is 7.01. The first-order valence-electron chi connectivity index (χ1n) is 6.84. The highest BCUT2D eigenvalue weighted by atomic mass is 32.1. The maximum Gasteiger partial charge on any atom is 0.253 e. The Labute approximate surface area is 125 Å². The summed E-state index contributed by atoms with van der Waals surface area (Å²) in [7, 11) is 4.00. The molecular formula is C15H21N3OS. The van der Waals surface area contributed by atoms with Crippen molar-refractivity contribution in [1.29, 1.82) is 0 Å². The van der Waals surface area contributed by atoms with Crippen LogP contribution in [-0.4, -0.2) is 53.9 Å². The van der Waals surface area contributed by atoms with Gasteiger partial charge in [-0.05, 0) is 45.1 Å². The van der Waals surface area contributed by atoms with Gasteiger partial charge >= 0.3 is 0 Å². The summed E-state index contributed by atoms with van der Waals surface area (Å²) in [6, 6.07) is 7.55. The van der Waals surface area contributed by atoms with E-state index in [0.29, 0.717) is 16.6 Å². The summed E-state index contributed by atoms with van der Waals surface area (Å²) in [6.07, 6.45) is 2.04. The van der Waals surface area contributed by atoms with E-state index in [1.54, 1.807) is 6.07 Å². The lowest BCUT2D eigenvalue weighted by Gasteiger charge is -2.35. The van der Waals surface area contributed by atoms with Crippen LogP contribution in [0.5, 0.6) is 0 Å². The highest BCUT2D eigenvalue weighted by Crippen LogP contribution is 2.17. The number of piperidine rings is 1. The van der Waals surface area contributed by atoms with Gasteiger partial charge in [0.2, 0.25) is 0 Å². The van der Waals surface area contributed by atoms with Gasteiger partial charge in [-0.1, -0.05) is 24.4 Å². The maximum atomic E-state index is 12.5. The molecule has 1 aromatic carbocycles. The molecule has 1 aliphatic rings. The minimum atomic E-state index is 0.0395. The Hall–Kier alpha value is -1.46. The second-order valence-electron chi connectivity index (χ2n) is 5.40. The number of nitrogens with zero attached hydrogens (tertiary/aromatic N) is 2. The Morgan fingerprint density at radius 1 is 1.35 bits per heavy atom. The van der Waals surface area contributed by atoms with Gasteiger partial charge in [0.25, 0.3) is 5.91 Å². The molecule has 0 atom stereocenters. The molecular weight excluding hydrogens is 270 g/mol. The van der Waals surface area contributed by atoms with Crippen LogP contribution in [0.4, 0.5) is 0 Å². The van der Waals surface area contributed by atoms with Gasteiger partial charge in [0, 0.05) is 24.2 Å². The van der Waals surface area contributed by atoms with E-state index in [1.165, 1.54) is 0 Å². The van der Waals surface area contributed by atoms with Crippen LogP contribution >= 0.6 is 12.2 Å². The van der Waals surface area contributed by atoms with Crippen molar-refractivity contribution < 1.29 is 4.79 Å². The second-order valence-corrected chi connectivity index (χ2v) is 5.84. The summed E-state index contributed by atoms with van der Waals surface area (Å²) in [6.45, 7) is 2.07. The SMILES string of the molecule is CN1CCC(N(C)C(=O)c2cccc(C(N)=S)c2)CC1. The van der Waals surface area contributed by atoms with E-state index < -0.39 is 0 Å². The van der Waals surface area contributed by atoms with Crippen LogP contribution in [-0.2, 0) is 0 Å². The molecule has 1 heterocycles. The van der Waals surface area contributed by atoms with E-state index >= 15 is 0 Å². The van der Waals surface area contributed by atoms with Gasteiger partial charge in [0.15, 0.2) is 0 Å². The number of thiocarbonyl (C=S) groups is 1. The molecule has 1 aromatic rings. The second kappa shape index (κ2) is 6.33. The third-order valence-electron chi connectivity index (χ3n) is 3.95. The Morgan fingerprint density at radius 2 is 1.95 bits per heavy atom. The number of likely N-dealkylation sites (tertiary alicyclic amines) is 1. The van der Waals surface area contributed by atoms with Crippen LogP contribution in [0.15, 0.2) is 24.3 Å². The molecule has 1 amide bonds. The molecule has 1 saturated heterocycles. The standard InChI is InChI=1S/C15H21N3OS/c1-17-8-6-13(7-9-17)18(2)15(19)12-5-3-4-11(10-12)14(16)20/h3-5,10,13H,6-9H2,1-2H3,(H2,16,20). The lowest BCUT2D eigenvalue weighted by molar-refractivity contribution is 0.0659. The number of carbonyl (C=O) groups is 1. The topological polar surface area (TPSA) is 49.6 Å². The first-order chi connectivity index (χ1) is 9.49. The minimum Gasteiger partial charge on any atom is -0.389 e. The first-order valence-corrected chi connectivity index (χ1v) is 7.25. The third kappa shape index (κ3) is 3.35. The predicted octanol–water partition coefficient (Wildman–Crippen LogP) is 1.49. The molecule has 0 spiro atoms. The minimum absolute atomic E-state index is 0.0395. The molecule has 0 bridgehead atoms. The van der Waals surface area contributed by atoms with Crippen molar-refractivity contribution in [3.8, 4) is 0 Å². The van der Waals surface area contributed by atoms with Crippen molar-refractivity contribution >= 4 is 23.1 Å². The number of hydrogen-bond donors (Lipinski definition) is 1. The van der Waals surface area contributed by atoms with Crippen molar-refractivity contribution in [1.82, 2.24) is 9.80 Å². The summed E-state index contributed by atoms with van der Waals surface area (Å²) >= 11 is 4.96. The fourth-order valence-electron chi connectivity index (χ4n) is 2.56. The molecule has 108 valence electrons. The molecule has 1 aliphatic heterocycles. The van der Waals surface area contributed by atoms with Crippen LogP contribution in [0.25, 0.3) is 0 Å². The number of rotatable bonds is 3. The van der Waals surface area contributed by atoms with Crippen molar-refractivity contribution in [3.05, 3.63) is 35.4 Å². The largest absolute Gasteiger partial charge is 0.389 e. The van der Waals surface area contributed by atoms with Crippen LogP contribution in [0, 0.1) is 0 Å². The molecule has 0 aromatic heterocycles. The molecule has 2 N–H and O–H groups in total. The zero-order valence-corrected chi connectivity index (χ0v) is 12.8. The predicted molar refractivity (Wildman–Crippen MR) is 84.9 cm³/mol. The molecule has 20 heavy (non-hydrogen) atoms. The summed E-state index contributed by atoms with van der Waals surface area (Å²) < 4.78 is 0. The molecule has 4 nitrogen and oxygen atoms in total. The number of nitrogens with two attached hydrogens (primary N) is 1. The lowest BCUT2D eigenvalue weighted by atomic mass is 10.0. The maximum absolute atomic E-state index is 12.5. The summed E-state index contributed by atoms with van der Waals surface area (Å²) in [5.74, 6) is 0.0395. The number of benzene rings is 1. The van der Waals surface area contributed by atoms with Crippen molar-refractivity contribution in [2.75, 3.05) is 27.2 Å². The molecule has 0 radical (unpaired) electrons. The normalized spacial score (nSPS) is 16.9. The van der Waals surface area contributed by atoms with Crippen LogP contribution < -0.4 is 5.73 Å². The van der Waals surface area contributed by atoms with Gasteiger partial charge in [-0.2, -0.15) is 0 Å². The quantitative estimate of drug-likeness (QED) is 0.857. The monoisotopic (exact) mass is 291 g/mol. The highest BCUT2D eigenvalue weighted by molar-refractivity contribution is 7.80. The zero-order chi connectivity index (χ0) is 14.7. The number of amides is 1. The van der Waals surface area contributed by atoms with E-state index in [0.717, 1.165) is 31.5 Å². The van der Waals surface area contributed by atoms with E-state index in [9.17, 15) is 4.79 Å². The van der Waals surface area contributed by atoms with E-state index in [1.807, 2.05) is 30.1 Å². The van der Waals surface area contributed by atoms with Crippen LogP contribution in [0.2, 0.25) is 0 Å². The van der Waals surface area contributed by atoms with Gasteiger partial charge in [0.1, 0.15) is 4.99 Å². The average Bonchev–Trinajstić information content (AvgIpc) is 2.46. The Bertz CT molecular complexity index is 510. The van der Waals surface area contributed by atoms with Crippen molar-refractivity contribution in [2.45, 2.75) is 18.9 Å². The Morgan fingerprint density at radius 3 is 2.55 bits per heavy atom. The van der Waals surface area contributed by atoms with E-state index in [-0.39, 0.29) is 5.91 Å². The lowest BCUT2D eigenvalue weighted by Crippen LogP contribution is -2.44. The van der Waals surface area contributed by atoms with Gasteiger partial charge < -0.3 is 15.5 Å². The van der Waals surface area contributed by atoms with E-state index in [4.69, 9.17) is 18.0 Å². The van der Waals surface area contributed by atoms with E-state index in [2.05, 4.69) is 11.9 Å². The summed E-state index contributed by atoms with van der Waals surface area (Å²) in [4.78, 5) is 17.0. The molecule has 0 saturated carbocycles. The summed E-state index contributed by atoms with van der Waals surface area (Å²) in [5, 5.41) is 0. The molecule has 0 aliphatic carbocycles. The number of hydrogen-bond acceptors (Lipinski definition) is 3. The van der Waals surface area contributed by atoms with Crippen LogP contribution in [0.3, 0.4) is 0 Å². The fraction of sp³-hybridized carbons (Fsp3) is 0.467. The zero-order valence-electron chi connectivity index (χ0n) is 12.0.